The number of ether oxygens (including phenoxy) is 1. The summed E-state index contributed by atoms with van der Waals surface area (Å²) in [6, 6.07) is 11.4. The van der Waals surface area contributed by atoms with E-state index in [-0.39, 0.29) is 12.2 Å². The largest absolute Gasteiger partial charge is 0.573 e. The summed E-state index contributed by atoms with van der Waals surface area (Å²) in [4.78, 5) is 13.9. The highest BCUT2D eigenvalue weighted by Gasteiger charge is 2.50. The number of carboxylic acids is 1. The lowest BCUT2D eigenvalue weighted by Crippen LogP contribution is -2.59. The summed E-state index contributed by atoms with van der Waals surface area (Å²) < 4.78 is 70.2. The van der Waals surface area contributed by atoms with E-state index in [4.69, 9.17) is 0 Å². The summed E-state index contributed by atoms with van der Waals surface area (Å²) in [7, 11) is -4.02. The topological polar surface area (TPSA) is 87.2 Å². The molecule has 2 aliphatic rings. The lowest BCUT2D eigenvalue weighted by atomic mass is 10.1. The molecule has 4 rings (SSSR count). The van der Waals surface area contributed by atoms with Gasteiger partial charge in [0.2, 0.25) is 10.0 Å². The molecular weight excluding hydrogens is 473 g/mol. The van der Waals surface area contributed by atoms with Crippen LogP contribution in [0.5, 0.6) is 5.75 Å². The van der Waals surface area contributed by atoms with Crippen LogP contribution in [0.15, 0.2) is 48.5 Å². The molecule has 2 aromatic rings. The molecule has 0 saturated carbocycles. The molecule has 1 saturated heterocycles. The Kier molecular flexibility index (Phi) is 6.28. The molecule has 11 heteroatoms. The third kappa shape index (κ3) is 4.58. The molecule has 1 heterocycles. The monoisotopic (exact) mass is 498 g/mol. The van der Waals surface area contributed by atoms with E-state index in [1.807, 2.05) is 4.90 Å². The van der Waals surface area contributed by atoms with E-state index in [1.165, 1.54) is 28.6 Å². The fourth-order valence-electron chi connectivity index (χ4n) is 5.15. The minimum Gasteiger partial charge on any atom is -0.481 e. The van der Waals surface area contributed by atoms with E-state index in [1.54, 1.807) is 38.1 Å². The summed E-state index contributed by atoms with van der Waals surface area (Å²) in [5.41, 5.74) is 1.89. The van der Waals surface area contributed by atoms with E-state index in [9.17, 15) is 31.5 Å². The number of anilines is 1. The van der Waals surface area contributed by atoms with Gasteiger partial charge in [0.05, 0.1) is 5.92 Å². The fourth-order valence-corrected chi connectivity index (χ4v) is 7.73. The Bertz CT molecular complexity index is 1160. The molecule has 4 atom stereocenters. The SMILES string of the molecule is CC1CN(c2ccc(OC(F)(F)F)cc2)CC(C)N1S(=O)(=O)[C@H]1c2ccccc2C[C@H]1C(=O)O. The molecular formula is C23H25F3N2O5S. The highest BCUT2D eigenvalue weighted by atomic mass is 32.2. The van der Waals surface area contributed by atoms with Gasteiger partial charge in [-0.15, -0.1) is 13.2 Å². The molecule has 1 aliphatic heterocycles. The van der Waals surface area contributed by atoms with Gasteiger partial charge >= 0.3 is 12.3 Å². The van der Waals surface area contributed by atoms with E-state index in [2.05, 4.69) is 4.74 Å². The van der Waals surface area contributed by atoms with E-state index < -0.39 is 45.6 Å². The summed E-state index contributed by atoms with van der Waals surface area (Å²) in [6.07, 6.45) is -4.62. The van der Waals surface area contributed by atoms with Crippen LogP contribution in [0.2, 0.25) is 0 Å². The second-order valence-corrected chi connectivity index (χ2v) is 10.7. The number of rotatable bonds is 5. The van der Waals surface area contributed by atoms with Crippen LogP contribution >= 0.6 is 0 Å². The maximum Gasteiger partial charge on any atom is 0.573 e. The number of carbonyl (C=O) groups is 1. The average molecular weight is 499 g/mol. The molecule has 1 aliphatic carbocycles. The van der Waals surface area contributed by atoms with Crippen LogP contribution in [0.4, 0.5) is 18.9 Å². The fraction of sp³-hybridized carbons (Fsp3) is 0.435. The molecule has 0 spiro atoms. The van der Waals surface area contributed by atoms with Crippen LogP contribution in [-0.4, -0.2) is 55.3 Å². The standard InChI is InChI=1S/C23H25F3N2O5S/c1-14-12-27(17-7-9-18(10-8-17)33-23(24,25)26)13-15(2)28(14)34(31,32)21-19-6-4-3-5-16(19)11-20(21)22(29)30/h3-10,14-15,20-21H,11-13H2,1-2H3,(H,29,30)/t14?,15?,20-,21+/m1/s1. The Hall–Kier alpha value is -2.79. The minimum atomic E-state index is -4.78. The number of nitrogens with zero attached hydrogens (tertiary/aromatic N) is 2. The van der Waals surface area contributed by atoms with Crippen molar-refractivity contribution in [3.8, 4) is 5.75 Å². The van der Waals surface area contributed by atoms with Crippen LogP contribution in [0, 0.1) is 5.92 Å². The number of sulfonamides is 1. The zero-order valence-corrected chi connectivity index (χ0v) is 19.4. The lowest BCUT2D eigenvalue weighted by molar-refractivity contribution is -0.274. The van der Waals surface area contributed by atoms with Crippen LogP contribution in [0.1, 0.15) is 30.2 Å². The number of piperazine rings is 1. The number of carboxylic acid groups (broad SMARTS) is 1. The number of aliphatic carboxylic acids is 1. The van der Waals surface area contributed by atoms with Crippen molar-refractivity contribution in [2.24, 2.45) is 5.92 Å². The predicted molar refractivity (Wildman–Crippen MR) is 119 cm³/mol. The highest BCUT2D eigenvalue weighted by Crippen LogP contribution is 2.44. The molecule has 0 aromatic heterocycles. The Balaban J connectivity index is 1.57. The van der Waals surface area contributed by atoms with E-state index in [0.29, 0.717) is 24.3 Å². The normalized spacial score (nSPS) is 25.7. The zero-order chi connectivity index (χ0) is 24.8. The highest BCUT2D eigenvalue weighted by molar-refractivity contribution is 7.89. The van der Waals surface area contributed by atoms with Crippen LogP contribution in [0.3, 0.4) is 0 Å². The molecule has 1 fully saturated rings. The van der Waals surface area contributed by atoms with Gasteiger partial charge in [-0.1, -0.05) is 24.3 Å². The summed E-state index contributed by atoms with van der Waals surface area (Å²) in [5, 5.41) is 8.59. The summed E-state index contributed by atoms with van der Waals surface area (Å²) >= 11 is 0. The average Bonchev–Trinajstić information content (AvgIpc) is 3.13. The third-order valence-electron chi connectivity index (χ3n) is 6.37. The van der Waals surface area contributed by atoms with Crippen LogP contribution < -0.4 is 9.64 Å². The maximum atomic E-state index is 13.8. The Morgan fingerprint density at radius 2 is 1.62 bits per heavy atom. The van der Waals surface area contributed by atoms with Gasteiger partial charge in [-0.3, -0.25) is 4.79 Å². The van der Waals surface area contributed by atoms with Crippen LogP contribution in [0.25, 0.3) is 0 Å². The van der Waals surface area contributed by atoms with Crippen molar-refractivity contribution in [1.82, 2.24) is 4.31 Å². The number of hydrogen-bond acceptors (Lipinski definition) is 5. The van der Waals surface area contributed by atoms with Crippen molar-refractivity contribution >= 4 is 21.7 Å². The maximum absolute atomic E-state index is 13.8. The van der Waals surface area contributed by atoms with Gasteiger partial charge in [-0.25, -0.2) is 8.42 Å². The van der Waals surface area contributed by atoms with Crippen molar-refractivity contribution < 1.29 is 36.2 Å². The minimum absolute atomic E-state index is 0.157. The Morgan fingerprint density at radius 3 is 2.18 bits per heavy atom. The zero-order valence-electron chi connectivity index (χ0n) is 18.6. The first-order valence-electron chi connectivity index (χ1n) is 10.8. The lowest BCUT2D eigenvalue weighted by Gasteiger charge is -2.45. The van der Waals surface area contributed by atoms with Gasteiger partial charge in [-0.05, 0) is 55.7 Å². The molecule has 1 N–H and O–H groups in total. The number of benzene rings is 2. The Labute approximate surface area is 195 Å². The van der Waals surface area contributed by atoms with Crippen molar-refractivity contribution in [3.05, 3.63) is 59.7 Å². The molecule has 34 heavy (non-hydrogen) atoms. The molecule has 184 valence electrons. The molecule has 0 amide bonds. The van der Waals surface area contributed by atoms with Gasteiger partial charge in [-0.2, -0.15) is 4.31 Å². The number of fused-ring (bicyclic) bond motifs is 1. The van der Waals surface area contributed by atoms with Gasteiger partial charge < -0.3 is 14.7 Å². The van der Waals surface area contributed by atoms with Gasteiger partial charge in [0.15, 0.2) is 0 Å². The van der Waals surface area contributed by atoms with Crippen LogP contribution in [-0.2, 0) is 21.2 Å². The quantitative estimate of drug-likeness (QED) is 0.675. The Morgan fingerprint density at radius 1 is 1.03 bits per heavy atom. The van der Waals surface area contributed by atoms with Gasteiger partial charge in [0.1, 0.15) is 11.0 Å². The number of hydrogen-bond donors (Lipinski definition) is 1. The van der Waals surface area contributed by atoms with Crippen molar-refractivity contribution in [1.29, 1.82) is 0 Å². The predicted octanol–water partition coefficient (Wildman–Crippen LogP) is 3.81. The van der Waals surface area contributed by atoms with Crippen molar-refractivity contribution in [3.63, 3.8) is 0 Å². The van der Waals surface area contributed by atoms with Gasteiger partial charge in [0.25, 0.3) is 0 Å². The second kappa shape index (κ2) is 8.77. The molecule has 2 unspecified atom stereocenters. The number of halogens is 3. The van der Waals surface area contributed by atoms with E-state index >= 15 is 0 Å². The second-order valence-electron chi connectivity index (χ2n) is 8.79. The molecule has 7 nitrogen and oxygen atoms in total. The van der Waals surface area contributed by atoms with Crippen molar-refractivity contribution in [2.45, 2.75) is 44.0 Å². The number of alkyl halides is 3. The first-order chi connectivity index (χ1) is 15.9. The molecule has 0 radical (unpaired) electrons. The summed E-state index contributed by atoms with van der Waals surface area (Å²) in [6.45, 7) is 4.10. The smallest absolute Gasteiger partial charge is 0.481 e. The van der Waals surface area contributed by atoms with Gasteiger partial charge in [0, 0.05) is 30.9 Å². The molecule has 2 aromatic carbocycles. The van der Waals surface area contributed by atoms with E-state index in [0.717, 1.165) is 5.56 Å². The van der Waals surface area contributed by atoms with Crippen molar-refractivity contribution in [2.75, 3.05) is 18.0 Å². The molecule has 0 bridgehead atoms. The first kappa shape index (κ1) is 24.3. The first-order valence-corrected chi connectivity index (χ1v) is 12.3. The summed E-state index contributed by atoms with van der Waals surface area (Å²) in [5.74, 6) is -2.55. The third-order valence-corrected chi connectivity index (χ3v) is 8.90.